The molecule has 1 aliphatic heterocycles. The first-order valence-corrected chi connectivity index (χ1v) is 13.2. The molecule has 0 atom stereocenters. The minimum atomic E-state index is -4.10. The minimum absolute atomic E-state index is 0.0376. The van der Waals surface area contributed by atoms with Gasteiger partial charge >= 0.3 is 0 Å². The van der Waals surface area contributed by atoms with Crippen molar-refractivity contribution in [3.8, 4) is 0 Å². The molecular weight excluding hydrogens is 463 g/mol. The zero-order valence-corrected chi connectivity index (χ0v) is 20.6. The highest BCUT2D eigenvalue weighted by atomic mass is 32.2. The molecule has 0 aliphatic carbocycles. The lowest BCUT2D eigenvalue weighted by Crippen LogP contribution is -2.22. The second-order valence-electron chi connectivity index (χ2n) is 9.27. The van der Waals surface area contributed by atoms with Crippen molar-refractivity contribution in [3.63, 3.8) is 0 Å². The van der Waals surface area contributed by atoms with Crippen molar-refractivity contribution in [1.82, 2.24) is 4.57 Å². The van der Waals surface area contributed by atoms with E-state index in [1.807, 2.05) is 43.0 Å². The maximum atomic E-state index is 15.2. The molecule has 0 saturated carbocycles. The molecule has 0 N–H and O–H groups in total. The Kier molecular flexibility index (Phi) is 5.97. The van der Waals surface area contributed by atoms with Gasteiger partial charge in [0.25, 0.3) is 0 Å². The SMILES string of the molecule is Cc1ccc(Cn2cc(S(=O)(=O)c3ccc(C)cc3)c(=O)c3cc(F)c(N4CCCC4)cc32)cc1. The van der Waals surface area contributed by atoms with Gasteiger partial charge in [-0.3, -0.25) is 4.79 Å². The summed E-state index contributed by atoms with van der Waals surface area (Å²) >= 11 is 0. The first-order chi connectivity index (χ1) is 16.7. The summed E-state index contributed by atoms with van der Waals surface area (Å²) in [5.74, 6) is -0.511. The summed E-state index contributed by atoms with van der Waals surface area (Å²) in [4.78, 5) is 15.1. The molecule has 1 fully saturated rings. The van der Waals surface area contributed by atoms with E-state index in [1.165, 1.54) is 24.4 Å². The van der Waals surface area contributed by atoms with Gasteiger partial charge in [-0.1, -0.05) is 47.5 Å². The Morgan fingerprint density at radius 1 is 0.886 bits per heavy atom. The lowest BCUT2D eigenvalue weighted by atomic mass is 10.1. The quantitative estimate of drug-likeness (QED) is 0.384. The summed E-state index contributed by atoms with van der Waals surface area (Å²) in [6.45, 7) is 5.71. The van der Waals surface area contributed by atoms with Gasteiger partial charge in [-0.25, -0.2) is 12.8 Å². The number of nitrogens with zero attached hydrogens (tertiary/aromatic N) is 2. The molecule has 35 heavy (non-hydrogen) atoms. The Balaban J connectivity index is 1.75. The predicted octanol–water partition coefficient (Wildman–Crippen LogP) is 5.24. The van der Waals surface area contributed by atoms with E-state index in [0.29, 0.717) is 17.7 Å². The van der Waals surface area contributed by atoms with Crippen LogP contribution < -0.4 is 10.3 Å². The number of sulfone groups is 1. The van der Waals surface area contributed by atoms with E-state index in [0.717, 1.165) is 42.6 Å². The molecule has 0 spiro atoms. The summed E-state index contributed by atoms with van der Waals surface area (Å²) in [7, 11) is -4.10. The molecule has 4 aromatic rings. The Labute approximate surface area is 204 Å². The van der Waals surface area contributed by atoms with Crippen LogP contribution in [-0.4, -0.2) is 26.1 Å². The molecule has 7 heteroatoms. The number of benzene rings is 3. The summed E-state index contributed by atoms with van der Waals surface area (Å²) in [6.07, 6.45) is 3.38. The number of rotatable bonds is 5. The Morgan fingerprint density at radius 3 is 2.11 bits per heavy atom. The van der Waals surface area contributed by atoms with Gasteiger partial charge in [0, 0.05) is 25.8 Å². The zero-order chi connectivity index (χ0) is 24.7. The molecule has 180 valence electrons. The third-order valence-corrected chi connectivity index (χ3v) is 8.42. The van der Waals surface area contributed by atoms with Crippen LogP contribution in [0.3, 0.4) is 0 Å². The van der Waals surface area contributed by atoms with Crippen LogP contribution in [0.25, 0.3) is 10.9 Å². The Hall–Kier alpha value is -3.45. The van der Waals surface area contributed by atoms with E-state index >= 15 is 4.39 Å². The van der Waals surface area contributed by atoms with E-state index in [-0.39, 0.29) is 15.2 Å². The first-order valence-electron chi connectivity index (χ1n) is 11.7. The van der Waals surface area contributed by atoms with Gasteiger partial charge in [-0.05, 0) is 56.5 Å². The summed E-state index contributed by atoms with van der Waals surface area (Å²) in [5, 5.41) is 0.0609. The van der Waals surface area contributed by atoms with E-state index < -0.39 is 21.1 Å². The topological polar surface area (TPSA) is 59.4 Å². The number of hydrogen-bond donors (Lipinski definition) is 0. The fourth-order valence-electron chi connectivity index (χ4n) is 4.63. The average Bonchev–Trinajstić information content (AvgIpc) is 3.37. The van der Waals surface area contributed by atoms with Crippen LogP contribution >= 0.6 is 0 Å². The van der Waals surface area contributed by atoms with E-state index in [2.05, 4.69) is 0 Å². The number of aromatic nitrogens is 1. The highest BCUT2D eigenvalue weighted by Gasteiger charge is 2.26. The van der Waals surface area contributed by atoms with Crippen LogP contribution in [-0.2, 0) is 16.4 Å². The molecule has 1 saturated heterocycles. The van der Waals surface area contributed by atoms with Crippen molar-refractivity contribution >= 4 is 26.4 Å². The lowest BCUT2D eigenvalue weighted by Gasteiger charge is -2.21. The van der Waals surface area contributed by atoms with Gasteiger partial charge < -0.3 is 9.47 Å². The van der Waals surface area contributed by atoms with E-state index in [9.17, 15) is 13.2 Å². The van der Waals surface area contributed by atoms with Gasteiger partial charge in [0.1, 0.15) is 10.7 Å². The van der Waals surface area contributed by atoms with Crippen LogP contribution in [0, 0.1) is 19.7 Å². The number of aryl methyl sites for hydroxylation is 2. The van der Waals surface area contributed by atoms with Crippen LogP contribution in [0.2, 0.25) is 0 Å². The smallest absolute Gasteiger partial charge is 0.211 e. The van der Waals surface area contributed by atoms with Crippen LogP contribution in [0.4, 0.5) is 10.1 Å². The normalized spacial score (nSPS) is 14.1. The van der Waals surface area contributed by atoms with Crippen LogP contribution in [0.5, 0.6) is 0 Å². The molecular formula is C28H27FN2O3S. The standard InChI is InChI=1S/C28H27FN2O3S/c1-19-5-9-21(10-6-19)17-31-18-27(35(33,34)22-11-7-20(2)8-12-22)28(32)23-15-24(29)26(16-25(23)31)30-13-3-4-14-30/h5-12,15-16,18H,3-4,13-14,17H2,1-2H3. The average molecular weight is 491 g/mol. The molecule has 0 unspecified atom stereocenters. The molecule has 2 heterocycles. The minimum Gasteiger partial charge on any atom is -0.369 e. The van der Waals surface area contributed by atoms with Gasteiger partial charge in [0.15, 0.2) is 0 Å². The number of anilines is 1. The lowest BCUT2D eigenvalue weighted by molar-refractivity contribution is 0.593. The first kappa shape index (κ1) is 23.3. The van der Waals surface area contributed by atoms with E-state index in [1.54, 1.807) is 22.8 Å². The van der Waals surface area contributed by atoms with Crippen LogP contribution in [0.1, 0.15) is 29.5 Å². The second-order valence-corrected chi connectivity index (χ2v) is 11.2. The van der Waals surface area contributed by atoms with Crippen molar-refractivity contribution in [1.29, 1.82) is 0 Å². The number of halogens is 1. The molecule has 0 radical (unpaired) electrons. The number of fused-ring (bicyclic) bond motifs is 1. The molecule has 5 nitrogen and oxygen atoms in total. The summed E-state index contributed by atoms with van der Waals surface area (Å²) in [6, 6.07) is 17.2. The molecule has 1 aliphatic rings. The van der Waals surface area contributed by atoms with Gasteiger partial charge in [0.05, 0.1) is 21.5 Å². The van der Waals surface area contributed by atoms with Gasteiger partial charge in [-0.2, -0.15) is 0 Å². The molecule has 1 aromatic heterocycles. The fourth-order valence-corrected chi connectivity index (χ4v) is 6.00. The molecule has 0 amide bonds. The summed E-state index contributed by atoms with van der Waals surface area (Å²) in [5.41, 5.74) is 3.25. The maximum Gasteiger partial charge on any atom is 0.211 e. The largest absolute Gasteiger partial charge is 0.369 e. The van der Waals surface area contributed by atoms with Crippen molar-refractivity contribution < 1.29 is 12.8 Å². The number of hydrogen-bond acceptors (Lipinski definition) is 4. The zero-order valence-electron chi connectivity index (χ0n) is 19.8. The van der Waals surface area contributed by atoms with Crippen molar-refractivity contribution in [3.05, 3.63) is 99.6 Å². The second kappa shape index (κ2) is 8.96. The molecule has 5 rings (SSSR count). The van der Waals surface area contributed by atoms with Crippen molar-refractivity contribution in [2.45, 2.75) is 43.0 Å². The highest BCUT2D eigenvalue weighted by Crippen LogP contribution is 2.30. The number of pyridine rings is 1. The Bertz CT molecular complexity index is 1570. The van der Waals surface area contributed by atoms with Crippen molar-refractivity contribution in [2.75, 3.05) is 18.0 Å². The molecule has 0 bridgehead atoms. The Morgan fingerprint density at radius 2 is 1.49 bits per heavy atom. The molecule has 3 aromatic carbocycles. The fraction of sp³-hybridized carbons (Fsp3) is 0.250. The summed E-state index contributed by atoms with van der Waals surface area (Å²) < 4.78 is 44.0. The monoisotopic (exact) mass is 490 g/mol. The van der Waals surface area contributed by atoms with Gasteiger partial charge in [-0.15, -0.1) is 0 Å². The third kappa shape index (κ3) is 4.36. The maximum absolute atomic E-state index is 15.2. The predicted molar refractivity (Wildman–Crippen MR) is 137 cm³/mol. The van der Waals surface area contributed by atoms with Crippen LogP contribution in [0.15, 0.2) is 81.4 Å². The third-order valence-electron chi connectivity index (χ3n) is 6.66. The van der Waals surface area contributed by atoms with E-state index in [4.69, 9.17) is 0 Å². The van der Waals surface area contributed by atoms with Gasteiger partial charge in [0.2, 0.25) is 15.3 Å². The van der Waals surface area contributed by atoms with Crippen molar-refractivity contribution in [2.24, 2.45) is 0 Å². The highest BCUT2D eigenvalue weighted by molar-refractivity contribution is 7.91.